The van der Waals surface area contributed by atoms with Crippen molar-refractivity contribution in [2.75, 3.05) is 5.75 Å². The molecule has 0 spiro atoms. The van der Waals surface area contributed by atoms with Gasteiger partial charge in [0.05, 0.1) is 11.3 Å². The molecule has 1 heterocycles. The average Bonchev–Trinajstić information content (AvgIpc) is 3.04. The Kier molecular flexibility index (Phi) is 6.87. The van der Waals surface area contributed by atoms with Gasteiger partial charge in [-0.1, -0.05) is 0 Å². The van der Waals surface area contributed by atoms with Crippen molar-refractivity contribution >= 4 is 29.4 Å². The summed E-state index contributed by atoms with van der Waals surface area (Å²) in [5.74, 6) is 0.824. The largest absolute Gasteiger partial charge is 0.494 e. The second kappa shape index (κ2) is 9.75. The fourth-order valence-corrected chi connectivity index (χ4v) is 3.52. The summed E-state index contributed by atoms with van der Waals surface area (Å²) in [7, 11) is 0. The molecule has 8 nitrogen and oxygen atoms in total. The van der Waals surface area contributed by atoms with Crippen LogP contribution in [0.15, 0.2) is 70.6 Å². The first-order valence-corrected chi connectivity index (χ1v) is 10.1. The van der Waals surface area contributed by atoms with E-state index in [4.69, 9.17) is 16.2 Å². The maximum Gasteiger partial charge on any atom is 0.343 e. The minimum atomic E-state index is -0.474. The van der Waals surface area contributed by atoms with Gasteiger partial charge in [0, 0.05) is 23.6 Å². The zero-order valence-corrected chi connectivity index (χ0v) is 16.9. The van der Waals surface area contributed by atoms with E-state index in [2.05, 4.69) is 4.99 Å². The molecule has 0 aliphatic rings. The van der Waals surface area contributed by atoms with Crippen LogP contribution in [0, 0.1) is 0 Å². The first kappa shape index (κ1) is 21.1. The smallest absolute Gasteiger partial charge is 0.343 e. The minimum Gasteiger partial charge on any atom is -0.494 e. The Bertz CT molecular complexity index is 1010. The van der Waals surface area contributed by atoms with Gasteiger partial charge < -0.3 is 26.4 Å². The third kappa shape index (κ3) is 5.71. The predicted molar refractivity (Wildman–Crippen MR) is 116 cm³/mol. The van der Waals surface area contributed by atoms with Gasteiger partial charge in [0.1, 0.15) is 5.75 Å². The van der Waals surface area contributed by atoms with E-state index in [0.717, 1.165) is 17.1 Å². The van der Waals surface area contributed by atoms with Crippen molar-refractivity contribution < 1.29 is 19.7 Å². The van der Waals surface area contributed by atoms with Crippen molar-refractivity contribution in [2.45, 2.75) is 17.9 Å². The third-order valence-corrected chi connectivity index (χ3v) is 5.22. The molecule has 0 aliphatic heterocycles. The maximum absolute atomic E-state index is 12.3. The molecule has 0 aliphatic carbocycles. The molecule has 0 radical (unpaired) electrons. The molecule has 9 heteroatoms. The molecule has 30 heavy (non-hydrogen) atoms. The highest BCUT2D eigenvalue weighted by Crippen LogP contribution is 2.25. The molecule has 0 saturated heterocycles. The number of carbonyl (C=O) groups is 1. The van der Waals surface area contributed by atoms with Crippen LogP contribution in [-0.4, -0.2) is 32.5 Å². The SMILES string of the molecule is NC(N)=Nc1ccc(C(=O)Oc2ccc(SCCCn3c(O)ccc3O)cc2)cc1. The topological polar surface area (TPSA) is 136 Å². The van der Waals surface area contributed by atoms with E-state index in [9.17, 15) is 15.0 Å². The van der Waals surface area contributed by atoms with Crippen LogP contribution in [-0.2, 0) is 6.54 Å². The van der Waals surface area contributed by atoms with E-state index < -0.39 is 5.97 Å². The lowest BCUT2D eigenvalue weighted by Gasteiger charge is -2.08. The number of esters is 1. The average molecular weight is 426 g/mol. The van der Waals surface area contributed by atoms with Gasteiger partial charge in [-0.3, -0.25) is 4.57 Å². The summed E-state index contributed by atoms with van der Waals surface area (Å²) < 4.78 is 6.84. The second-order valence-corrected chi connectivity index (χ2v) is 7.52. The molecule has 0 unspecified atom stereocenters. The Morgan fingerprint density at radius 3 is 2.20 bits per heavy atom. The summed E-state index contributed by atoms with van der Waals surface area (Å²) in [5, 5.41) is 19.2. The summed E-state index contributed by atoms with van der Waals surface area (Å²) in [6.07, 6.45) is 0.771. The zero-order valence-electron chi connectivity index (χ0n) is 16.1. The number of nitrogens with zero attached hydrogens (tertiary/aromatic N) is 2. The molecule has 1 aromatic heterocycles. The van der Waals surface area contributed by atoms with Crippen LogP contribution in [0.25, 0.3) is 0 Å². The standard InChI is InChI=1S/C21H22N4O4S/c22-21(23)24-15-4-2-14(3-5-15)20(28)29-16-6-8-17(9-7-16)30-13-1-12-25-18(26)10-11-19(25)27/h2-11,26-27H,1,12-13H2,(H4,22,23,24). The van der Waals surface area contributed by atoms with Crippen molar-refractivity contribution in [1.29, 1.82) is 0 Å². The first-order chi connectivity index (χ1) is 14.4. The number of aliphatic imine (C=N–C) groups is 1. The highest BCUT2D eigenvalue weighted by Gasteiger charge is 2.09. The molecule has 6 N–H and O–H groups in total. The number of guanidine groups is 1. The van der Waals surface area contributed by atoms with Crippen LogP contribution in [0.5, 0.6) is 17.5 Å². The number of nitrogens with two attached hydrogens (primary N) is 2. The maximum atomic E-state index is 12.3. The number of benzene rings is 2. The third-order valence-electron chi connectivity index (χ3n) is 4.12. The van der Waals surface area contributed by atoms with Crippen molar-refractivity contribution in [3.8, 4) is 17.5 Å². The summed E-state index contributed by atoms with van der Waals surface area (Å²) in [5.41, 5.74) is 11.6. The van der Waals surface area contributed by atoms with Crippen LogP contribution in [0.2, 0.25) is 0 Å². The van der Waals surface area contributed by atoms with Gasteiger partial charge in [-0.2, -0.15) is 0 Å². The van der Waals surface area contributed by atoms with E-state index in [0.29, 0.717) is 23.5 Å². The number of hydrogen-bond acceptors (Lipinski definition) is 6. The van der Waals surface area contributed by atoms with Crippen LogP contribution in [0.1, 0.15) is 16.8 Å². The Balaban J connectivity index is 1.48. The van der Waals surface area contributed by atoms with Gasteiger partial charge >= 0.3 is 5.97 Å². The molecular weight excluding hydrogens is 404 g/mol. The molecule has 156 valence electrons. The van der Waals surface area contributed by atoms with Crippen LogP contribution >= 0.6 is 11.8 Å². The zero-order chi connectivity index (χ0) is 21.5. The Hall–Kier alpha value is -3.59. The number of rotatable bonds is 8. The van der Waals surface area contributed by atoms with Gasteiger partial charge in [-0.05, 0) is 60.7 Å². The Labute approximate surface area is 177 Å². The summed E-state index contributed by atoms with van der Waals surface area (Å²) in [6.45, 7) is 0.523. The number of aromatic nitrogens is 1. The molecule has 0 bridgehead atoms. The van der Waals surface area contributed by atoms with Gasteiger partial charge in [-0.15, -0.1) is 11.8 Å². The van der Waals surface area contributed by atoms with Crippen LogP contribution in [0.4, 0.5) is 5.69 Å². The predicted octanol–water partition coefficient (Wildman–Crippen LogP) is 3.21. The molecule has 0 saturated carbocycles. The van der Waals surface area contributed by atoms with Crippen molar-refractivity contribution in [3.63, 3.8) is 0 Å². The van der Waals surface area contributed by atoms with Crippen LogP contribution < -0.4 is 16.2 Å². The lowest BCUT2D eigenvalue weighted by molar-refractivity contribution is 0.0734. The second-order valence-electron chi connectivity index (χ2n) is 6.35. The van der Waals surface area contributed by atoms with Crippen LogP contribution in [0.3, 0.4) is 0 Å². The van der Waals surface area contributed by atoms with Gasteiger partial charge in [-0.25, -0.2) is 9.79 Å². The normalized spacial score (nSPS) is 10.5. The fourth-order valence-electron chi connectivity index (χ4n) is 2.68. The lowest BCUT2D eigenvalue weighted by atomic mass is 10.2. The molecule has 0 fully saturated rings. The molecule has 3 aromatic rings. The van der Waals surface area contributed by atoms with E-state index in [1.165, 1.54) is 16.7 Å². The number of ether oxygens (including phenoxy) is 1. The minimum absolute atomic E-state index is 0.0505. The van der Waals surface area contributed by atoms with Gasteiger partial charge in [0.15, 0.2) is 17.7 Å². The Morgan fingerprint density at radius 2 is 1.60 bits per heavy atom. The van der Waals surface area contributed by atoms with E-state index in [1.807, 2.05) is 12.1 Å². The molecule has 0 atom stereocenters. The summed E-state index contributed by atoms with van der Waals surface area (Å²) in [6, 6.07) is 16.6. The van der Waals surface area contributed by atoms with Gasteiger partial charge in [0.25, 0.3) is 0 Å². The number of carbonyl (C=O) groups excluding carboxylic acids is 1. The van der Waals surface area contributed by atoms with Gasteiger partial charge in [0.2, 0.25) is 0 Å². The highest BCUT2D eigenvalue weighted by atomic mass is 32.2. The van der Waals surface area contributed by atoms with E-state index in [1.54, 1.807) is 48.2 Å². The number of hydrogen-bond donors (Lipinski definition) is 4. The van der Waals surface area contributed by atoms with Crippen molar-refractivity contribution in [2.24, 2.45) is 16.5 Å². The van der Waals surface area contributed by atoms with Crippen molar-refractivity contribution in [3.05, 3.63) is 66.2 Å². The number of thioether (sulfide) groups is 1. The lowest BCUT2D eigenvalue weighted by Crippen LogP contribution is -2.21. The first-order valence-electron chi connectivity index (χ1n) is 9.14. The van der Waals surface area contributed by atoms with E-state index in [-0.39, 0.29) is 17.7 Å². The molecule has 0 amide bonds. The molecule has 2 aromatic carbocycles. The molecule has 3 rings (SSSR count). The monoisotopic (exact) mass is 426 g/mol. The molecular formula is C21H22N4O4S. The fraction of sp³-hybridized carbons (Fsp3) is 0.143. The van der Waals surface area contributed by atoms with Crippen molar-refractivity contribution in [1.82, 2.24) is 4.57 Å². The Morgan fingerprint density at radius 1 is 0.967 bits per heavy atom. The summed E-state index contributed by atoms with van der Waals surface area (Å²) in [4.78, 5) is 17.2. The quantitative estimate of drug-likeness (QED) is 0.108. The summed E-state index contributed by atoms with van der Waals surface area (Å²) >= 11 is 1.63. The highest BCUT2D eigenvalue weighted by molar-refractivity contribution is 7.99. The number of aromatic hydroxyl groups is 2. The van der Waals surface area contributed by atoms with E-state index >= 15 is 0 Å².